The van der Waals surface area contributed by atoms with Crippen molar-refractivity contribution in [3.8, 4) is 0 Å². The highest BCUT2D eigenvalue weighted by Gasteiger charge is 2.32. The van der Waals surface area contributed by atoms with Crippen LogP contribution in [0.4, 0.5) is 0 Å². The van der Waals surface area contributed by atoms with Gasteiger partial charge in [-0.1, -0.05) is 19.8 Å². The summed E-state index contributed by atoms with van der Waals surface area (Å²) in [5, 5.41) is 0. The fourth-order valence-corrected chi connectivity index (χ4v) is 2.80. The van der Waals surface area contributed by atoms with Crippen molar-refractivity contribution in [2.24, 2.45) is 5.92 Å². The molecule has 0 aromatic rings. The molecule has 0 aromatic carbocycles. The first-order chi connectivity index (χ1) is 5.79. The average molecular weight is 167 g/mol. The minimum Gasteiger partial charge on any atom is -0.300 e. The van der Waals surface area contributed by atoms with Gasteiger partial charge in [-0.2, -0.15) is 0 Å². The minimum absolute atomic E-state index is 0.912. The first kappa shape index (κ1) is 8.55. The Kier molecular flexibility index (Phi) is 2.40. The highest BCUT2D eigenvalue weighted by Crippen LogP contribution is 2.34. The third kappa shape index (κ3) is 1.39. The second kappa shape index (κ2) is 3.37. The second-order valence-electron chi connectivity index (χ2n) is 4.73. The van der Waals surface area contributed by atoms with Crippen molar-refractivity contribution >= 4 is 0 Å². The topological polar surface area (TPSA) is 3.24 Å². The molecule has 0 saturated heterocycles. The Hall–Kier alpha value is -0.0400. The zero-order valence-electron chi connectivity index (χ0n) is 8.42. The molecule has 2 fully saturated rings. The zero-order valence-corrected chi connectivity index (χ0v) is 8.42. The van der Waals surface area contributed by atoms with Crippen molar-refractivity contribution in [3.63, 3.8) is 0 Å². The number of rotatable bonds is 2. The number of nitrogens with zero attached hydrogens (tertiary/aromatic N) is 1. The summed E-state index contributed by atoms with van der Waals surface area (Å²) in [6.45, 7) is 2.42. The summed E-state index contributed by atoms with van der Waals surface area (Å²) in [5.74, 6) is 0.954. The van der Waals surface area contributed by atoms with E-state index >= 15 is 0 Å². The minimum atomic E-state index is 0.912. The molecule has 0 bridgehead atoms. The van der Waals surface area contributed by atoms with Gasteiger partial charge in [0.15, 0.2) is 0 Å². The van der Waals surface area contributed by atoms with Crippen LogP contribution >= 0.6 is 0 Å². The van der Waals surface area contributed by atoms with Gasteiger partial charge < -0.3 is 4.90 Å². The normalized spacial score (nSPS) is 37.2. The Morgan fingerprint density at radius 1 is 1.00 bits per heavy atom. The van der Waals surface area contributed by atoms with Gasteiger partial charge in [-0.05, 0) is 38.6 Å². The summed E-state index contributed by atoms with van der Waals surface area (Å²) in [6.07, 6.45) is 8.76. The summed E-state index contributed by atoms with van der Waals surface area (Å²) >= 11 is 0. The van der Waals surface area contributed by atoms with Gasteiger partial charge in [0.1, 0.15) is 0 Å². The lowest BCUT2D eigenvalue weighted by atomic mass is 9.89. The first-order valence-corrected chi connectivity index (χ1v) is 5.51. The van der Waals surface area contributed by atoms with E-state index in [1.54, 1.807) is 0 Å². The molecule has 0 N–H and O–H groups in total. The van der Waals surface area contributed by atoms with E-state index in [0.717, 1.165) is 18.0 Å². The molecule has 2 rings (SSSR count). The monoisotopic (exact) mass is 167 g/mol. The highest BCUT2D eigenvalue weighted by atomic mass is 15.2. The molecule has 2 aliphatic carbocycles. The summed E-state index contributed by atoms with van der Waals surface area (Å²) < 4.78 is 0. The van der Waals surface area contributed by atoms with Crippen LogP contribution in [0.15, 0.2) is 0 Å². The molecule has 2 unspecified atom stereocenters. The van der Waals surface area contributed by atoms with E-state index < -0.39 is 0 Å². The van der Waals surface area contributed by atoms with Crippen LogP contribution in [0.3, 0.4) is 0 Å². The lowest BCUT2D eigenvalue weighted by Crippen LogP contribution is -2.44. The number of hydrogen-bond acceptors (Lipinski definition) is 1. The van der Waals surface area contributed by atoms with Crippen molar-refractivity contribution in [2.45, 2.75) is 57.5 Å². The predicted octanol–water partition coefficient (Wildman–Crippen LogP) is 2.66. The van der Waals surface area contributed by atoms with Crippen molar-refractivity contribution in [1.29, 1.82) is 0 Å². The Bertz CT molecular complexity index is 151. The largest absolute Gasteiger partial charge is 0.300 e. The lowest BCUT2D eigenvalue weighted by molar-refractivity contribution is 0.0926. The van der Waals surface area contributed by atoms with Gasteiger partial charge in [-0.25, -0.2) is 0 Å². The van der Waals surface area contributed by atoms with Crippen molar-refractivity contribution in [1.82, 2.24) is 4.90 Å². The summed E-state index contributed by atoms with van der Waals surface area (Å²) in [6, 6.07) is 1.85. The third-order valence-corrected chi connectivity index (χ3v) is 3.99. The van der Waals surface area contributed by atoms with Crippen molar-refractivity contribution < 1.29 is 0 Å². The van der Waals surface area contributed by atoms with Crippen LogP contribution in [0.2, 0.25) is 0 Å². The fraction of sp³-hybridized carbons (Fsp3) is 1.00. The maximum Gasteiger partial charge on any atom is 0.0121 e. The van der Waals surface area contributed by atoms with Gasteiger partial charge in [0.25, 0.3) is 0 Å². The van der Waals surface area contributed by atoms with Crippen LogP contribution < -0.4 is 0 Å². The van der Waals surface area contributed by atoms with Crippen LogP contribution in [-0.4, -0.2) is 24.0 Å². The van der Waals surface area contributed by atoms with Gasteiger partial charge in [-0.15, -0.1) is 0 Å². The van der Waals surface area contributed by atoms with E-state index in [-0.39, 0.29) is 0 Å². The molecule has 0 radical (unpaired) electrons. The Labute approximate surface area is 76.1 Å². The molecule has 12 heavy (non-hydrogen) atoms. The lowest BCUT2D eigenvalue weighted by Gasteiger charge is -2.40. The quantitative estimate of drug-likeness (QED) is 0.611. The average Bonchev–Trinajstić information content (AvgIpc) is 2.31. The Balaban J connectivity index is 1.89. The maximum atomic E-state index is 2.67. The van der Waals surface area contributed by atoms with Crippen LogP contribution in [0.25, 0.3) is 0 Å². The van der Waals surface area contributed by atoms with Gasteiger partial charge in [-0.3, -0.25) is 0 Å². The van der Waals surface area contributed by atoms with Gasteiger partial charge in [0, 0.05) is 12.1 Å². The molecular formula is C11H21N. The molecule has 0 aliphatic heterocycles. The molecule has 2 aliphatic rings. The van der Waals surface area contributed by atoms with Crippen LogP contribution in [0.1, 0.15) is 45.4 Å². The Morgan fingerprint density at radius 3 is 2.08 bits per heavy atom. The molecule has 70 valence electrons. The standard InChI is InChI=1S/C11H21N/c1-9-5-3-8-11(9)12(2)10-6-4-7-10/h9-11H,3-8H2,1-2H3. The van der Waals surface area contributed by atoms with E-state index in [1.807, 2.05) is 0 Å². The van der Waals surface area contributed by atoms with E-state index in [0.29, 0.717) is 0 Å². The van der Waals surface area contributed by atoms with Crippen molar-refractivity contribution in [2.75, 3.05) is 7.05 Å². The summed E-state index contributed by atoms with van der Waals surface area (Å²) in [7, 11) is 2.34. The van der Waals surface area contributed by atoms with E-state index in [1.165, 1.54) is 38.5 Å². The van der Waals surface area contributed by atoms with E-state index in [9.17, 15) is 0 Å². The zero-order chi connectivity index (χ0) is 8.55. The SMILES string of the molecule is CC1CCCC1N(C)C1CCC1. The molecule has 2 atom stereocenters. The number of hydrogen-bond donors (Lipinski definition) is 0. The molecule has 1 heteroatoms. The van der Waals surface area contributed by atoms with Crippen LogP contribution in [-0.2, 0) is 0 Å². The summed E-state index contributed by atoms with van der Waals surface area (Å²) in [5.41, 5.74) is 0. The molecule has 0 amide bonds. The Morgan fingerprint density at radius 2 is 1.67 bits per heavy atom. The molecule has 0 aromatic heterocycles. The van der Waals surface area contributed by atoms with Crippen molar-refractivity contribution in [3.05, 3.63) is 0 Å². The van der Waals surface area contributed by atoms with Gasteiger partial charge in [0.05, 0.1) is 0 Å². The van der Waals surface area contributed by atoms with Gasteiger partial charge in [0.2, 0.25) is 0 Å². The highest BCUT2D eigenvalue weighted by molar-refractivity contribution is 4.88. The van der Waals surface area contributed by atoms with Crippen LogP contribution in [0, 0.1) is 5.92 Å². The first-order valence-electron chi connectivity index (χ1n) is 5.51. The third-order valence-electron chi connectivity index (χ3n) is 3.99. The predicted molar refractivity (Wildman–Crippen MR) is 52.2 cm³/mol. The summed E-state index contributed by atoms with van der Waals surface area (Å²) in [4.78, 5) is 2.67. The van der Waals surface area contributed by atoms with E-state index in [2.05, 4.69) is 18.9 Å². The second-order valence-corrected chi connectivity index (χ2v) is 4.73. The fourth-order valence-electron chi connectivity index (χ4n) is 2.80. The van der Waals surface area contributed by atoms with Crippen LogP contribution in [0.5, 0.6) is 0 Å². The molecule has 1 nitrogen and oxygen atoms in total. The molecular weight excluding hydrogens is 146 g/mol. The molecule has 0 spiro atoms. The van der Waals surface area contributed by atoms with Gasteiger partial charge >= 0.3 is 0 Å². The maximum absolute atomic E-state index is 2.67. The molecule has 0 heterocycles. The smallest absolute Gasteiger partial charge is 0.0121 e. The van der Waals surface area contributed by atoms with E-state index in [4.69, 9.17) is 0 Å². The molecule has 2 saturated carbocycles.